The van der Waals surface area contributed by atoms with E-state index in [1.165, 1.54) is 5.57 Å². The molecule has 2 amide bonds. The average Bonchev–Trinajstić information content (AvgIpc) is 2.55. The number of piperazine rings is 1. The summed E-state index contributed by atoms with van der Waals surface area (Å²) in [5, 5.41) is 3.24. The molecule has 0 unspecified atom stereocenters. The zero-order valence-electron chi connectivity index (χ0n) is 14.3. The maximum Gasteiger partial charge on any atom is 0.317 e. The number of hydrogen-bond donors (Lipinski definition) is 1. The molecule has 3 aliphatic heterocycles. The highest BCUT2D eigenvalue weighted by molar-refractivity contribution is 5.74. The van der Waals surface area contributed by atoms with Crippen LogP contribution < -0.4 is 5.32 Å². The van der Waals surface area contributed by atoms with Crippen molar-refractivity contribution in [1.82, 2.24) is 20.0 Å². The Morgan fingerprint density at radius 1 is 1.22 bits per heavy atom. The molecule has 3 rings (SSSR count). The van der Waals surface area contributed by atoms with E-state index in [0.29, 0.717) is 12.1 Å². The van der Waals surface area contributed by atoms with Gasteiger partial charge in [0.2, 0.25) is 0 Å². The summed E-state index contributed by atoms with van der Waals surface area (Å²) in [5.41, 5.74) is 1.21. The normalized spacial score (nSPS) is 27.5. The molecule has 3 heterocycles. The minimum atomic E-state index is 0.105. The topological polar surface area (TPSA) is 48.1 Å². The van der Waals surface area contributed by atoms with E-state index in [0.717, 1.165) is 71.9 Å². The SMILES string of the molecule is C=C(C)CN1CCC(NC(=O)N2CCN3CCOC[C@@H]3C2)CC1. The number of amides is 2. The van der Waals surface area contributed by atoms with Gasteiger partial charge in [-0.15, -0.1) is 0 Å². The second kappa shape index (κ2) is 7.64. The van der Waals surface area contributed by atoms with Crippen LogP contribution in [0.5, 0.6) is 0 Å². The van der Waals surface area contributed by atoms with Crippen LogP contribution in [-0.4, -0.2) is 91.8 Å². The molecule has 3 saturated heterocycles. The van der Waals surface area contributed by atoms with Crippen LogP contribution in [0.2, 0.25) is 0 Å². The van der Waals surface area contributed by atoms with Crippen molar-refractivity contribution in [2.24, 2.45) is 0 Å². The smallest absolute Gasteiger partial charge is 0.317 e. The molecule has 6 nitrogen and oxygen atoms in total. The van der Waals surface area contributed by atoms with E-state index in [1.54, 1.807) is 0 Å². The van der Waals surface area contributed by atoms with Crippen LogP contribution >= 0.6 is 0 Å². The number of likely N-dealkylation sites (tertiary alicyclic amines) is 1. The second-order valence-electron chi connectivity index (χ2n) is 7.17. The summed E-state index contributed by atoms with van der Waals surface area (Å²) in [6.45, 7) is 14.3. The van der Waals surface area contributed by atoms with Crippen LogP contribution in [0, 0.1) is 0 Å². The molecule has 130 valence electrons. The standard InChI is InChI=1S/C17H30N4O2/c1-14(2)11-19-5-3-15(4-6-19)18-17(22)21-8-7-20-9-10-23-13-16(20)12-21/h15-16H,1,3-13H2,2H3,(H,18,22)/t16-/m0/s1. The fourth-order valence-corrected chi connectivity index (χ4v) is 3.81. The molecule has 3 fully saturated rings. The van der Waals surface area contributed by atoms with E-state index in [4.69, 9.17) is 4.74 Å². The number of hydrogen-bond acceptors (Lipinski definition) is 4. The number of rotatable bonds is 3. The van der Waals surface area contributed by atoms with Gasteiger partial charge in [-0.05, 0) is 19.8 Å². The third-order valence-corrected chi connectivity index (χ3v) is 5.13. The Hall–Kier alpha value is -1.11. The van der Waals surface area contributed by atoms with Crippen LogP contribution in [0.1, 0.15) is 19.8 Å². The zero-order valence-corrected chi connectivity index (χ0v) is 14.3. The molecule has 0 aromatic rings. The third-order valence-electron chi connectivity index (χ3n) is 5.13. The quantitative estimate of drug-likeness (QED) is 0.779. The molecule has 0 bridgehead atoms. The Balaban J connectivity index is 1.42. The maximum absolute atomic E-state index is 12.5. The second-order valence-corrected chi connectivity index (χ2v) is 7.17. The van der Waals surface area contributed by atoms with Gasteiger partial charge in [-0.25, -0.2) is 4.79 Å². The highest BCUT2D eigenvalue weighted by Crippen LogP contribution is 2.15. The Morgan fingerprint density at radius 2 is 2.00 bits per heavy atom. The molecule has 3 aliphatic rings. The van der Waals surface area contributed by atoms with Crippen molar-refractivity contribution in [2.45, 2.75) is 31.8 Å². The van der Waals surface area contributed by atoms with Crippen LogP contribution in [0.3, 0.4) is 0 Å². The monoisotopic (exact) mass is 322 g/mol. The number of piperidine rings is 1. The maximum atomic E-state index is 12.5. The van der Waals surface area contributed by atoms with E-state index in [2.05, 4.69) is 28.6 Å². The van der Waals surface area contributed by atoms with Crippen LogP contribution in [0.15, 0.2) is 12.2 Å². The number of fused-ring (bicyclic) bond motifs is 1. The lowest BCUT2D eigenvalue weighted by Crippen LogP contribution is -2.61. The van der Waals surface area contributed by atoms with Gasteiger partial charge in [-0.2, -0.15) is 0 Å². The van der Waals surface area contributed by atoms with Gasteiger partial charge < -0.3 is 15.0 Å². The van der Waals surface area contributed by atoms with Gasteiger partial charge in [-0.3, -0.25) is 9.80 Å². The first-order valence-electron chi connectivity index (χ1n) is 8.86. The summed E-state index contributed by atoms with van der Waals surface area (Å²) in [4.78, 5) is 19.4. The predicted octanol–water partition coefficient (Wildman–Crippen LogP) is 0.753. The lowest BCUT2D eigenvalue weighted by Gasteiger charge is -2.44. The molecule has 0 aliphatic carbocycles. The van der Waals surface area contributed by atoms with Gasteiger partial charge in [-0.1, -0.05) is 12.2 Å². The highest BCUT2D eigenvalue weighted by atomic mass is 16.5. The fraction of sp³-hybridized carbons (Fsp3) is 0.824. The minimum Gasteiger partial charge on any atom is -0.378 e. The molecule has 0 spiro atoms. The molecular formula is C17H30N4O2. The van der Waals surface area contributed by atoms with Crippen LogP contribution in [0.25, 0.3) is 0 Å². The first kappa shape index (κ1) is 16.7. The van der Waals surface area contributed by atoms with Gasteiger partial charge >= 0.3 is 6.03 Å². The summed E-state index contributed by atoms with van der Waals surface area (Å²) in [5.74, 6) is 0. The van der Waals surface area contributed by atoms with Crippen molar-refractivity contribution in [2.75, 3.05) is 59.0 Å². The van der Waals surface area contributed by atoms with Crippen molar-refractivity contribution in [3.05, 3.63) is 12.2 Å². The Labute approximate surface area is 139 Å². The van der Waals surface area contributed by atoms with Crippen molar-refractivity contribution in [3.63, 3.8) is 0 Å². The Morgan fingerprint density at radius 3 is 2.74 bits per heavy atom. The lowest BCUT2D eigenvalue weighted by molar-refractivity contribution is -0.0367. The van der Waals surface area contributed by atoms with Crippen molar-refractivity contribution in [3.8, 4) is 0 Å². The number of carbonyl (C=O) groups excluding carboxylic acids is 1. The van der Waals surface area contributed by atoms with Crippen molar-refractivity contribution in [1.29, 1.82) is 0 Å². The molecule has 6 heteroatoms. The fourth-order valence-electron chi connectivity index (χ4n) is 3.81. The predicted molar refractivity (Wildman–Crippen MR) is 90.6 cm³/mol. The van der Waals surface area contributed by atoms with Gasteiger partial charge in [0.05, 0.1) is 19.3 Å². The molecule has 23 heavy (non-hydrogen) atoms. The minimum absolute atomic E-state index is 0.105. The number of nitrogens with zero attached hydrogens (tertiary/aromatic N) is 3. The van der Waals surface area contributed by atoms with E-state index in [-0.39, 0.29) is 6.03 Å². The van der Waals surface area contributed by atoms with E-state index < -0.39 is 0 Å². The van der Waals surface area contributed by atoms with Crippen LogP contribution in [0.4, 0.5) is 4.79 Å². The molecular weight excluding hydrogens is 292 g/mol. The highest BCUT2D eigenvalue weighted by Gasteiger charge is 2.32. The number of urea groups is 1. The molecule has 1 atom stereocenters. The van der Waals surface area contributed by atoms with Crippen molar-refractivity contribution >= 4 is 6.03 Å². The van der Waals surface area contributed by atoms with Gasteiger partial charge in [0.15, 0.2) is 0 Å². The lowest BCUT2D eigenvalue weighted by atomic mass is 10.0. The Kier molecular flexibility index (Phi) is 5.56. The van der Waals surface area contributed by atoms with Gasteiger partial charge in [0, 0.05) is 51.9 Å². The molecule has 0 radical (unpaired) electrons. The summed E-state index contributed by atoms with van der Waals surface area (Å²) < 4.78 is 5.55. The van der Waals surface area contributed by atoms with E-state index >= 15 is 0 Å². The zero-order chi connectivity index (χ0) is 16.2. The molecule has 1 N–H and O–H groups in total. The molecule has 0 aromatic heterocycles. The first-order valence-corrected chi connectivity index (χ1v) is 8.86. The summed E-state index contributed by atoms with van der Waals surface area (Å²) >= 11 is 0. The summed E-state index contributed by atoms with van der Waals surface area (Å²) in [6.07, 6.45) is 2.07. The van der Waals surface area contributed by atoms with Crippen LogP contribution in [-0.2, 0) is 4.74 Å². The molecule has 0 aromatic carbocycles. The van der Waals surface area contributed by atoms with E-state index in [1.807, 2.05) is 4.90 Å². The first-order chi connectivity index (χ1) is 11.1. The Bertz CT molecular complexity index is 434. The average molecular weight is 322 g/mol. The van der Waals surface area contributed by atoms with Crippen molar-refractivity contribution < 1.29 is 9.53 Å². The number of ether oxygens (including phenoxy) is 1. The molecule has 0 saturated carbocycles. The number of morpholine rings is 1. The van der Waals surface area contributed by atoms with Gasteiger partial charge in [0.1, 0.15) is 0 Å². The van der Waals surface area contributed by atoms with E-state index in [9.17, 15) is 4.79 Å². The summed E-state index contributed by atoms with van der Waals surface area (Å²) in [7, 11) is 0. The number of nitrogens with one attached hydrogen (secondary N) is 1. The largest absolute Gasteiger partial charge is 0.378 e. The third kappa shape index (κ3) is 4.46. The van der Waals surface area contributed by atoms with Gasteiger partial charge in [0.25, 0.3) is 0 Å². The number of carbonyl (C=O) groups is 1. The summed E-state index contributed by atoms with van der Waals surface area (Å²) in [6, 6.07) is 0.791.